The van der Waals surface area contributed by atoms with E-state index >= 15 is 0 Å². The number of benzene rings is 3. The lowest BCUT2D eigenvalue weighted by Gasteiger charge is -2.11. The Hall–Kier alpha value is -3.25. The third-order valence-electron chi connectivity index (χ3n) is 3.71. The van der Waals surface area contributed by atoms with Crippen LogP contribution in [0.25, 0.3) is 0 Å². The van der Waals surface area contributed by atoms with Crippen LogP contribution in [0, 0.1) is 0 Å². The van der Waals surface area contributed by atoms with E-state index in [0.29, 0.717) is 11.4 Å². The molecule has 0 heterocycles. The summed E-state index contributed by atoms with van der Waals surface area (Å²) in [5.74, 6) is 0.0154. The van der Waals surface area contributed by atoms with E-state index in [4.69, 9.17) is 11.6 Å². The topological polar surface area (TPSA) is 72.9 Å². The number of azo groups is 2. The van der Waals surface area contributed by atoms with Crippen LogP contribution in [0.3, 0.4) is 0 Å². The van der Waals surface area contributed by atoms with E-state index in [2.05, 4.69) is 20.5 Å². The predicted octanol–water partition coefficient (Wildman–Crippen LogP) is 6.94. The summed E-state index contributed by atoms with van der Waals surface area (Å²) in [6, 6.07) is 19.7. The number of nitrogens with zero attached hydrogens (tertiary/aromatic N) is 5. The molecule has 0 unspecified atom stereocenters. The standard InChI is InChI=1S/C20H18ClN5O/c1-26(2)18-10-7-16(8-11-18)23-22-14-3-5-15(6-4-14)24-25-17-9-12-20(27)19(21)13-17/h3-13,27H,1-2H3. The van der Waals surface area contributed by atoms with Gasteiger partial charge < -0.3 is 10.0 Å². The summed E-state index contributed by atoms with van der Waals surface area (Å²) in [6.45, 7) is 0. The van der Waals surface area contributed by atoms with Crippen molar-refractivity contribution in [3.63, 3.8) is 0 Å². The molecule has 0 aliphatic heterocycles. The molecule has 3 aromatic rings. The van der Waals surface area contributed by atoms with E-state index in [1.807, 2.05) is 55.4 Å². The van der Waals surface area contributed by atoms with Gasteiger partial charge in [0.05, 0.1) is 27.8 Å². The lowest BCUT2D eigenvalue weighted by atomic mass is 10.3. The summed E-state index contributed by atoms with van der Waals surface area (Å²) in [4.78, 5) is 2.03. The quantitative estimate of drug-likeness (QED) is 0.487. The molecule has 0 saturated heterocycles. The van der Waals surface area contributed by atoms with Crippen LogP contribution in [0.1, 0.15) is 0 Å². The first kappa shape index (κ1) is 18.5. The van der Waals surface area contributed by atoms with Crippen molar-refractivity contribution in [2.24, 2.45) is 20.5 Å². The van der Waals surface area contributed by atoms with Gasteiger partial charge in [0.15, 0.2) is 0 Å². The number of hydrogen-bond donors (Lipinski definition) is 1. The van der Waals surface area contributed by atoms with Crippen molar-refractivity contribution >= 4 is 40.0 Å². The minimum atomic E-state index is 0.0154. The third-order valence-corrected chi connectivity index (χ3v) is 4.01. The van der Waals surface area contributed by atoms with E-state index in [0.717, 1.165) is 17.1 Å². The van der Waals surface area contributed by atoms with Crippen LogP contribution in [0.4, 0.5) is 28.4 Å². The van der Waals surface area contributed by atoms with Crippen molar-refractivity contribution in [1.82, 2.24) is 0 Å². The Balaban J connectivity index is 1.65. The predicted molar refractivity (Wildman–Crippen MR) is 109 cm³/mol. The van der Waals surface area contributed by atoms with Crippen molar-refractivity contribution in [3.05, 3.63) is 71.8 Å². The number of phenols is 1. The molecular formula is C20H18ClN5O. The molecule has 3 aromatic carbocycles. The molecule has 0 aliphatic rings. The summed E-state index contributed by atoms with van der Waals surface area (Å²) in [5, 5.41) is 26.3. The molecule has 0 atom stereocenters. The zero-order chi connectivity index (χ0) is 19.2. The van der Waals surface area contributed by atoms with Gasteiger partial charge in [-0.25, -0.2) is 0 Å². The molecule has 136 valence electrons. The van der Waals surface area contributed by atoms with Crippen LogP contribution in [-0.4, -0.2) is 19.2 Å². The largest absolute Gasteiger partial charge is 0.506 e. The summed E-state index contributed by atoms with van der Waals surface area (Å²) in [5.41, 5.74) is 3.85. The zero-order valence-corrected chi connectivity index (χ0v) is 15.7. The lowest BCUT2D eigenvalue weighted by Crippen LogP contribution is -2.07. The van der Waals surface area contributed by atoms with Gasteiger partial charge in [-0.2, -0.15) is 20.5 Å². The molecule has 6 nitrogen and oxygen atoms in total. The Labute approximate surface area is 162 Å². The van der Waals surface area contributed by atoms with Gasteiger partial charge in [0.1, 0.15) is 5.75 Å². The molecule has 0 saturated carbocycles. The molecule has 7 heteroatoms. The highest BCUT2D eigenvalue weighted by atomic mass is 35.5. The number of hydrogen-bond acceptors (Lipinski definition) is 6. The minimum absolute atomic E-state index is 0.0154. The minimum Gasteiger partial charge on any atom is -0.506 e. The summed E-state index contributed by atoms with van der Waals surface area (Å²) in [6.07, 6.45) is 0. The van der Waals surface area contributed by atoms with E-state index in [1.54, 1.807) is 24.3 Å². The Kier molecular flexibility index (Phi) is 5.78. The van der Waals surface area contributed by atoms with Crippen LogP contribution in [0.15, 0.2) is 87.2 Å². The monoisotopic (exact) mass is 379 g/mol. The molecule has 0 radical (unpaired) electrons. The van der Waals surface area contributed by atoms with Gasteiger partial charge in [-0.15, -0.1) is 0 Å². The van der Waals surface area contributed by atoms with E-state index in [-0.39, 0.29) is 10.8 Å². The fourth-order valence-electron chi connectivity index (χ4n) is 2.19. The first-order chi connectivity index (χ1) is 13.0. The van der Waals surface area contributed by atoms with Crippen LogP contribution in [-0.2, 0) is 0 Å². The molecule has 0 spiro atoms. The van der Waals surface area contributed by atoms with E-state index in [9.17, 15) is 5.11 Å². The average Bonchev–Trinajstić information content (AvgIpc) is 2.68. The summed E-state index contributed by atoms with van der Waals surface area (Å²) >= 11 is 5.85. The number of halogens is 1. The molecule has 0 amide bonds. The van der Waals surface area contributed by atoms with Gasteiger partial charge in [-0.05, 0) is 66.7 Å². The molecule has 0 bridgehead atoms. The lowest BCUT2D eigenvalue weighted by molar-refractivity contribution is 0.475. The van der Waals surface area contributed by atoms with Crippen LogP contribution in [0.5, 0.6) is 5.75 Å². The SMILES string of the molecule is CN(C)c1ccc(N=Nc2ccc(N=Nc3ccc(O)c(Cl)c3)cc2)cc1. The molecule has 0 aromatic heterocycles. The Morgan fingerprint density at radius 1 is 0.667 bits per heavy atom. The highest BCUT2D eigenvalue weighted by Crippen LogP contribution is 2.29. The number of anilines is 1. The zero-order valence-electron chi connectivity index (χ0n) is 14.9. The second-order valence-corrected chi connectivity index (χ2v) is 6.37. The summed E-state index contributed by atoms with van der Waals surface area (Å²) < 4.78 is 0. The molecule has 0 aliphatic carbocycles. The van der Waals surface area contributed by atoms with Crippen molar-refractivity contribution in [1.29, 1.82) is 0 Å². The van der Waals surface area contributed by atoms with Gasteiger partial charge in [0.25, 0.3) is 0 Å². The Morgan fingerprint density at radius 3 is 1.52 bits per heavy atom. The highest BCUT2D eigenvalue weighted by Gasteiger charge is 1.99. The van der Waals surface area contributed by atoms with Gasteiger partial charge in [0.2, 0.25) is 0 Å². The molecule has 27 heavy (non-hydrogen) atoms. The third kappa shape index (κ3) is 5.12. The molecule has 3 rings (SSSR count). The smallest absolute Gasteiger partial charge is 0.134 e. The van der Waals surface area contributed by atoms with Crippen molar-refractivity contribution in [2.75, 3.05) is 19.0 Å². The first-order valence-corrected chi connectivity index (χ1v) is 8.58. The second kappa shape index (κ2) is 8.42. The second-order valence-electron chi connectivity index (χ2n) is 5.96. The normalized spacial score (nSPS) is 11.4. The number of phenolic OH excluding ortho intramolecular Hbond substituents is 1. The maximum atomic E-state index is 9.40. The van der Waals surface area contributed by atoms with Crippen LogP contribution < -0.4 is 4.90 Å². The maximum absolute atomic E-state index is 9.40. The fourth-order valence-corrected chi connectivity index (χ4v) is 2.37. The van der Waals surface area contributed by atoms with Crippen molar-refractivity contribution < 1.29 is 5.11 Å². The van der Waals surface area contributed by atoms with Gasteiger partial charge in [-0.3, -0.25) is 0 Å². The van der Waals surface area contributed by atoms with Crippen molar-refractivity contribution in [2.45, 2.75) is 0 Å². The number of rotatable bonds is 5. The average molecular weight is 380 g/mol. The highest BCUT2D eigenvalue weighted by molar-refractivity contribution is 6.32. The van der Waals surface area contributed by atoms with Crippen molar-refractivity contribution in [3.8, 4) is 5.75 Å². The van der Waals surface area contributed by atoms with Crippen LogP contribution in [0.2, 0.25) is 5.02 Å². The maximum Gasteiger partial charge on any atom is 0.134 e. The number of aromatic hydroxyl groups is 1. The van der Waals surface area contributed by atoms with Gasteiger partial charge in [-0.1, -0.05) is 11.6 Å². The Bertz CT molecular complexity index is 967. The molecular weight excluding hydrogens is 362 g/mol. The Morgan fingerprint density at radius 2 is 1.07 bits per heavy atom. The summed E-state index contributed by atoms with van der Waals surface area (Å²) in [7, 11) is 3.98. The van der Waals surface area contributed by atoms with E-state index < -0.39 is 0 Å². The van der Waals surface area contributed by atoms with Crippen LogP contribution >= 0.6 is 11.6 Å². The van der Waals surface area contributed by atoms with E-state index in [1.165, 1.54) is 6.07 Å². The first-order valence-electron chi connectivity index (χ1n) is 8.21. The fraction of sp³-hybridized carbons (Fsp3) is 0.100. The molecule has 1 N–H and O–H groups in total. The van der Waals surface area contributed by atoms with Gasteiger partial charge >= 0.3 is 0 Å². The molecule has 0 fully saturated rings. The van der Waals surface area contributed by atoms with Gasteiger partial charge in [0, 0.05) is 19.8 Å².